The first-order chi connectivity index (χ1) is 22.2. The summed E-state index contributed by atoms with van der Waals surface area (Å²) < 4.78 is 55.6. The molecule has 0 bridgehead atoms. The van der Waals surface area contributed by atoms with E-state index >= 15 is 4.39 Å². The smallest absolute Gasteiger partial charge is 0.461 e. The Bertz CT molecular complexity index is 2050. The van der Waals surface area contributed by atoms with Gasteiger partial charge < -0.3 is 31.9 Å². The number of halogens is 1. The van der Waals surface area contributed by atoms with Crippen molar-refractivity contribution >= 4 is 23.1 Å². The maximum Gasteiger partial charge on any atom is 0.519 e. The summed E-state index contributed by atoms with van der Waals surface area (Å²) in [4.78, 5) is 61.3. The zero-order valence-corrected chi connectivity index (χ0v) is 26.4. The molecule has 0 amide bonds. The monoisotopic (exact) mass is 657 g/mol. The minimum atomic E-state index is -1.69. The van der Waals surface area contributed by atoms with E-state index in [1.165, 1.54) is 24.7 Å². The second kappa shape index (κ2) is 12.9. The van der Waals surface area contributed by atoms with Crippen LogP contribution in [-0.4, -0.2) is 49.4 Å². The highest BCUT2D eigenvalue weighted by Crippen LogP contribution is 2.40. The van der Waals surface area contributed by atoms with E-state index in [0.717, 1.165) is 4.57 Å². The summed E-state index contributed by atoms with van der Waals surface area (Å²) in [6.45, 7) is 8.52. The van der Waals surface area contributed by atoms with Crippen molar-refractivity contribution in [3.63, 3.8) is 0 Å². The fraction of sp³-hybridized carbons (Fsp3) is 0.500. The molecule has 17 heteroatoms. The first-order valence-corrected chi connectivity index (χ1v) is 14.6. The van der Waals surface area contributed by atoms with Crippen molar-refractivity contribution in [1.29, 1.82) is 0 Å². The predicted molar refractivity (Wildman–Crippen MR) is 155 cm³/mol. The summed E-state index contributed by atoms with van der Waals surface area (Å²) in [6, 6.07) is 0. The molecule has 1 aliphatic heterocycles. The largest absolute Gasteiger partial charge is 0.519 e. The number of rotatable bonds is 10. The van der Waals surface area contributed by atoms with Gasteiger partial charge in [-0.3, -0.25) is 23.7 Å². The molecule has 1 aliphatic rings. The summed E-state index contributed by atoms with van der Waals surface area (Å²) in [5.41, 5.74) is -1.74. The number of hydrogen-bond donors (Lipinski definition) is 0. The van der Waals surface area contributed by atoms with E-state index in [9.17, 15) is 19.2 Å². The number of carbonyl (C=O) groups is 2. The molecule has 0 unspecified atom stereocenters. The number of esters is 2. The van der Waals surface area contributed by atoms with Crippen LogP contribution in [0.1, 0.15) is 63.4 Å². The van der Waals surface area contributed by atoms with Crippen molar-refractivity contribution in [2.75, 3.05) is 6.61 Å². The van der Waals surface area contributed by atoms with Crippen LogP contribution in [0.2, 0.25) is 0 Å². The topological polar surface area (TPSA) is 197 Å². The van der Waals surface area contributed by atoms with Gasteiger partial charge in [0.15, 0.2) is 28.2 Å². The average Bonchev–Trinajstić information content (AvgIpc) is 3.75. The van der Waals surface area contributed by atoms with Crippen LogP contribution in [0.25, 0.3) is 11.2 Å². The number of imidazole rings is 1. The van der Waals surface area contributed by atoms with Crippen molar-refractivity contribution in [2.45, 2.75) is 79.0 Å². The van der Waals surface area contributed by atoms with Crippen LogP contribution in [0.5, 0.6) is 0 Å². The highest BCUT2D eigenvalue weighted by atomic mass is 19.1. The average molecular weight is 658 g/mol. The Morgan fingerprint density at radius 2 is 1.72 bits per heavy atom. The van der Waals surface area contributed by atoms with Gasteiger partial charge in [0, 0.05) is 6.42 Å². The lowest BCUT2D eigenvalue weighted by atomic mass is 9.98. The van der Waals surface area contributed by atoms with Crippen LogP contribution in [0.4, 0.5) is 4.39 Å². The second-order valence-electron chi connectivity index (χ2n) is 11.5. The fourth-order valence-electron chi connectivity index (χ4n) is 4.80. The van der Waals surface area contributed by atoms with E-state index < -0.39 is 66.0 Å². The Kier molecular flexibility index (Phi) is 9.07. The van der Waals surface area contributed by atoms with E-state index in [1.54, 1.807) is 27.7 Å². The third-order valence-corrected chi connectivity index (χ3v) is 7.47. The predicted octanol–water partition coefficient (Wildman–Crippen LogP) is 2.29. The summed E-state index contributed by atoms with van der Waals surface area (Å²) in [6.07, 6.45) is 4.04. The lowest BCUT2D eigenvalue weighted by Gasteiger charge is -2.29. The number of fused-ring (bicyclic) bond motifs is 1. The van der Waals surface area contributed by atoms with Gasteiger partial charge in [0.1, 0.15) is 37.0 Å². The van der Waals surface area contributed by atoms with Crippen LogP contribution >= 0.6 is 0 Å². The van der Waals surface area contributed by atoms with Gasteiger partial charge in [0.25, 0.3) is 6.08 Å². The highest BCUT2D eigenvalue weighted by Gasteiger charge is 2.52. The van der Waals surface area contributed by atoms with Crippen molar-refractivity contribution in [3.8, 4) is 12.3 Å². The lowest BCUT2D eigenvalue weighted by Crippen LogP contribution is -2.46. The van der Waals surface area contributed by atoms with E-state index in [-0.39, 0.29) is 59.2 Å². The molecule has 16 nitrogen and oxygen atoms in total. The third-order valence-electron chi connectivity index (χ3n) is 7.47. The molecule has 0 aliphatic carbocycles. The maximum atomic E-state index is 15.9. The SMILES string of the molecule is C#C[C@]1(COC(=O)C(C)C)O[C@@H](n2cnc3/c(=N/Cc4oc(=O)oc4C)n(Cc4oc(=O)oc4C)c(F)nc32)C[C@@H]1OC(=O)C(C)C. The number of aromatic nitrogens is 4. The number of hydrogen-bond acceptors (Lipinski definition) is 14. The zero-order chi connectivity index (χ0) is 34.2. The molecule has 0 aromatic carbocycles. The Hall–Kier alpha value is -5.24. The molecule has 1 fully saturated rings. The maximum absolute atomic E-state index is 15.9. The van der Waals surface area contributed by atoms with Gasteiger partial charge in [-0.05, 0) is 13.8 Å². The minimum Gasteiger partial charge on any atom is -0.461 e. The van der Waals surface area contributed by atoms with Gasteiger partial charge in [0.05, 0.1) is 24.7 Å². The molecule has 5 rings (SSSR count). The fourth-order valence-corrected chi connectivity index (χ4v) is 4.80. The Morgan fingerprint density at radius 3 is 2.30 bits per heavy atom. The van der Waals surface area contributed by atoms with Gasteiger partial charge in [0.2, 0.25) is 5.60 Å². The number of ether oxygens (including phenoxy) is 3. The quantitative estimate of drug-likeness (QED) is 0.137. The van der Waals surface area contributed by atoms with Crippen molar-refractivity contribution in [3.05, 3.63) is 62.2 Å². The molecule has 3 atom stereocenters. The third kappa shape index (κ3) is 6.54. The lowest BCUT2D eigenvalue weighted by molar-refractivity contribution is -0.170. The number of aryl methyl sites for hydroxylation is 2. The normalized spacial score (nSPS) is 20.0. The van der Waals surface area contributed by atoms with E-state index in [0.29, 0.717) is 0 Å². The Balaban J connectivity index is 1.61. The molecule has 5 heterocycles. The molecule has 1 saturated heterocycles. The van der Waals surface area contributed by atoms with Gasteiger partial charge >= 0.3 is 23.6 Å². The summed E-state index contributed by atoms with van der Waals surface area (Å²) in [5.74, 6) is -1.11. The van der Waals surface area contributed by atoms with Crippen LogP contribution in [-0.2, 0) is 36.9 Å². The molecule has 0 radical (unpaired) electrons. The van der Waals surface area contributed by atoms with E-state index in [2.05, 4.69) is 20.9 Å². The standard InChI is InChI=1S/C30H32FN5O11/c1-8-30(12-41-25(37)14(2)3)20(46-26(38)15(4)5)9-21(47-30)36-13-33-22-23(32-10-18-16(6)42-28(39)44-18)35(27(31)34-24(22)36)11-19-17(7)43-29(40)45-19/h1,13-15,20-21H,9-12H2,2-7H3/b32-23-/t20-,21+,30+/m0/s1. The van der Waals surface area contributed by atoms with Crippen LogP contribution in [0, 0.1) is 44.1 Å². The molecule has 4 aromatic rings. The van der Waals surface area contributed by atoms with Crippen LogP contribution < -0.4 is 17.1 Å². The Labute approximate surface area is 265 Å². The number of nitrogens with zero attached hydrogens (tertiary/aromatic N) is 5. The van der Waals surface area contributed by atoms with Gasteiger partial charge in [-0.15, -0.1) is 6.42 Å². The molecule has 250 valence electrons. The molecule has 47 heavy (non-hydrogen) atoms. The summed E-state index contributed by atoms with van der Waals surface area (Å²) >= 11 is 0. The molecule has 0 N–H and O–H groups in total. The first kappa shape index (κ1) is 33.1. The van der Waals surface area contributed by atoms with Crippen LogP contribution in [0.15, 0.2) is 38.6 Å². The summed E-state index contributed by atoms with van der Waals surface area (Å²) in [7, 11) is 0. The molecular formula is C30H32FN5O11. The summed E-state index contributed by atoms with van der Waals surface area (Å²) in [5, 5.41) is 0. The van der Waals surface area contributed by atoms with Gasteiger partial charge in [-0.2, -0.15) is 9.37 Å². The van der Waals surface area contributed by atoms with E-state index in [1.807, 2.05) is 0 Å². The van der Waals surface area contributed by atoms with Crippen molar-refractivity contribution < 1.29 is 45.9 Å². The molecule has 0 spiro atoms. The number of carbonyl (C=O) groups excluding carboxylic acids is 2. The van der Waals surface area contributed by atoms with Crippen molar-refractivity contribution in [2.24, 2.45) is 16.8 Å². The van der Waals surface area contributed by atoms with Crippen molar-refractivity contribution in [1.82, 2.24) is 19.1 Å². The van der Waals surface area contributed by atoms with E-state index in [4.69, 9.17) is 38.3 Å². The molecule has 4 aromatic heterocycles. The minimum absolute atomic E-state index is 0.00522. The zero-order valence-electron chi connectivity index (χ0n) is 26.4. The highest BCUT2D eigenvalue weighted by molar-refractivity contribution is 5.73. The van der Waals surface area contributed by atoms with Gasteiger partial charge in [-0.1, -0.05) is 33.6 Å². The van der Waals surface area contributed by atoms with Gasteiger partial charge in [-0.25, -0.2) is 14.6 Å². The molecular weight excluding hydrogens is 625 g/mol. The Morgan fingerprint density at radius 1 is 1.09 bits per heavy atom. The second-order valence-corrected chi connectivity index (χ2v) is 11.5. The van der Waals surface area contributed by atoms with Crippen LogP contribution in [0.3, 0.4) is 0 Å². The first-order valence-electron chi connectivity index (χ1n) is 14.6. The molecule has 0 saturated carbocycles. The number of terminal acetylenes is 1.